The fourth-order valence-electron chi connectivity index (χ4n) is 2.09. The quantitative estimate of drug-likeness (QED) is 0.749. The Bertz CT molecular complexity index is 823. The first-order valence-electron chi connectivity index (χ1n) is 6.27. The third kappa shape index (κ3) is 2.45. The monoisotopic (exact) mass is 301 g/mol. The van der Waals surface area contributed by atoms with Crippen LogP contribution < -0.4 is 4.74 Å². The molecule has 4 nitrogen and oxygen atoms in total. The number of benzene rings is 2. The normalized spacial score (nSPS) is 10.6. The number of rotatable bonds is 3. The van der Waals surface area contributed by atoms with Crippen LogP contribution in [0.3, 0.4) is 0 Å². The van der Waals surface area contributed by atoms with Crippen LogP contribution in [0.5, 0.6) is 5.75 Å². The highest BCUT2D eigenvalue weighted by Gasteiger charge is 2.13. The highest BCUT2D eigenvalue weighted by Crippen LogP contribution is 2.24. The summed E-state index contributed by atoms with van der Waals surface area (Å²) in [6, 6.07) is 13.8. The first-order valence-corrected chi connectivity index (χ1v) is 6.68. The smallest absolute Gasteiger partial charge is 0.200 e. The Labute approximate surface area is 125 Å². The molecule has 3 aromatic rings. The van der Waals surface area contributed by atoms with Gasteiger partial charge in [-0.25, -0.2) is 4.39 Å². The van der Waals surface area contributed by atoms with Gasteiger partial charge in [0, 0.05) is 5.56 Å². The van der Waals surface area contributed by atoms with Gasteiger partial charge in [-0.3, -0.25) is 9.67 Å². The van der Waals surface area contributed by atoms with Crippen LogP contribution in [0.2, 0.25) is 0 Å². The van der Waals surface area contributed by atoms with Crippen LogP contribution in [-0.2, 0) is 0 Å². The molecule has 0 unspecified atom stereocenters. The summed E-state index contributed by atoms with van der Waals surface area (Å²) < 4.78 is 21.1. The topological polar surface area (TPSA) is 42.8 Å². The third-order valence-electron chi connectivity index (χ3n) is 3.11. The average molecular weight is 301 g/mol. The second-order valence-corrected chi connectivity index (χ2v) is 4.75. The summed E-state index contributed by atoms with van der Waals surface area (Å²) in [7, 11) is 1.60. The van der Waals surface area contributed by atoms with Crippen molar-refractivity contribution in [2.24, 2.45) is 0 Å². The van der Waals surface area contributed by atoms with E-state index in [2.05, 4.69) is 10.2 Å². The van der Waals surface area contributed by atoms with Gasteiger partial charge in [-0.15, -0.1) is 0 Å². The molecule has 0 aliphatic heterocycles. The second-order valence-electron chi connectivity index (χ2n) is 4.37. The molecule has 106 valence electrons. The van der Waals surface area contributed by atoms with Crippen LogP contribution in [-0.4, -0.2) is 21.9 Å². The number of aromatic nitrogens is 3. The molecule has 0 radical (unpaired) electrons. The van der Waals surface area contributed by atoms with Crippen LogP contribution in [0.25, 0.3) is 17.1 Å². The van der Waals surface area contributed by atoms with E-state index in [4.69, 9.17) is 17.0 Å². The lowest BCUT2D eigenvalue weighted by Gasteiger charge is -2.08. The highest BCUT2D eigenvalue weighted by atomic mass is 32.1. The Hall–Kier alpha value is -2.47. The van der Waals surface area contributed by atoms with Gasteiger partial charge < -0.3 is 4.74 Å². The molecule has 0 atom stereocenters. The molecule has 0 saturated carbocycles. The molecule has 0 aliphatic rings. The zero-order valence-electron chi connectivity index (χ0n) is 11.2. The number of halogens is 1. The first-order chi connectivity index (χ1) is 10.2. The number of methoxy groups -OCH3 is 1. The maximum Gasteiger partial charge on any atom is 0.200 e. The van der Waals surface area contributed by atoms with Gasteiger partial charge in [-0.05, 0) is 48.6 Å². The fraction of sp³-hybridized carbons (Fsp3) is 0.0667. The lowest BCUT2D eigenvalue weighted by atomic mass is 10.2. The summed E-state index contributed by atoms with van der Waals surface area (Å²) >= 11 is 5.22. The van der Waals surface area contributed by atoms with Gasteiger partial charge in [0.25, 0.3) is 0 Å². The summed E-state index contributed by atoms with van der Waals surface area (Å²) in [5, 5.41) is 6.91. The van der Waals surface area contributed by atoms with E-state index in [0.29, 0.717) is 16.3 Å². The predicted octanol–water partition coefficient (Wildman–Crippen LogP) is 3.74. The Morgan fingerprint density at radius 2 is 1.86 bits per heavy atom. The summed E-state index contributed by atoms with van der Waals surface area (Å²) in [5.74, 6) is 0.933. The standard InChI is InChI=1S/C15H12FN3OS/c1-20-11-8-6-10(7-9-11)14-17-18-15(21)19(14)13-5-3-2-4-12(13)16/h2-9H,1H3,(H,18,21). The van der Waals surface area contributed by atoms with E-state index in [9.17, 15) is 4.39 Å². The van der Waals surface area contributed by atoms with Gasteiger partial charge >= 0.3 is 0 Å². The molecule has 1 aromatic heterocycles. The lowest BCUT2D eigenvalue weighted by molar-refractivity contribution is 0.415. The van der Waals surface area contributed by atoms with Crippen molar-refractivity contribution in [3.63, 3.8) is 0 Å². The number of hydrogen-bond donors (Lipinski definition) is 1. The zero-order valence-corrected chi connectivity index (χ0v) is 12.0. The molecule has 1 N–H and O–H groups in total. The minimum absolute atomic E-state index is 0.339. The summed E-state index contributed by atoms with van der Waals surface area (Å²) in [4.78, 5) is 0. The van der Waals surface area contributed by atoms with Gasteiger partial charge in [-0.2, -0.15) is 5.10 Å². The molecular weight excluding hydrogens is 289 g/mol. The minimum atomic E-state index is -0.357. The number of nitrogens with one attached hydrogen (secondary N) is 1. The molecule has 3 rings (SSSR count). The fourth-order valence-corrected chi connectivity index (χ4v) is 2.32. The van der Waals surface area contributed by atoms with Crippen molar-refractivity contribution in [3.05, 3.63) is 59.1 Å². The number of H-pyrrole nitrogens is 1. The van der Waals surface area contributed by atoms with Gasteiger partial charge in [0.15, 0.2) is 10.6 Å². The second kappa shape index (κ2) is 5.49. The van der Waals surface area contributed by atoms with E-state index < -0.39 is 0 Å². The average Bonchev–Trinajstić information content (AvgIpc) is 2.89. The molecule has 0 aliphatic carbocycles. The van der Waals surface area contributed by atoms with Crippen molar-refractivity contribution in [3.8, 4) is 22.8 Å². The van der Waals surface area contributed by atoms with Crippen LogP contribution >= 0.6 is 12.2 Å². The minimum Gasteiger partial charge on any atom is -0.497 e. The van der Waals surface area contributed by atoms with E-state index >= 15 is 0 Å². The Morgan fingerprint density at radius 3 is 2.52 bits per heavy atom. The highest BCUT2D eigenvalue weighted by molar-refractivity contribution is 7.71. The van der Waals surface area contributed by atoms with E-state index in [1.807, 2.05) is 24.3 Å². The lowest BCUT2D eigenvalue weighted by Crippen LogP contribution is -2.00. The molecular formula is C15H12FN3OS. The number of hydrogen-bond acceptors (Lipinski definition) is 3. The van der Waals surface area contributed by atoms with E-state index in [1.165, 1.54) is 6.07 Å². The van der Waals surface area contributed by atoms with E-state index in [1.54, 1.807) is 29.9 Å². The van der Waals surface area contributed by atoms with Crippen molar-refractivity contribution in [1.82, 2.24) is 14.8 Å². The molecule has 0 fully saturated rings. The van der Waals surface area contributed by atoms with Gasteiger partial charge in [0.1, 0.15) is 11.6 Å². The van der Waals surface area contributed by atoms with Crippen LogP contribution in [0.4, 0.5) is 4.39 Å². The number of para-hydroxylation sites is 1. The van der Waals surface area contributed by atoms with Gasteiger partial charge in [0.05, 0.1) is 12.8 Å². The van der Waals surface area contributed by atoms with Crippen LogP contribution in [0.1, 0.15) is 0 Å². The molecule has 0 bridgehead atoms. The van der Waals surface area contributed by atoms with E-state index in [-0.39, 0.29) is 5.82 Å². The Balaban J connectivity index is 2.17. The van der Waals surface area contributed by atoms with Crippen molar-refractivity contribution in [2.45, 2.75) is 0 Å². The number of nitrogens with zero attached hydrogens (tertiary/aromatic N) is 2. The molecule has 1 heterocycles. The Kier molecular flexibility index (Phi) is 3.53. The first kappa shape index (κ1) is 13.5. The summed E-state index contributed by atoms with van der Waals surface area (Å²) in [6.07, 6.45) is 0. The largest absolute Gasteiger partial charge is 0.497 e. The zero-order chi connectivity index (χ0) is 14.8. The Morgan fingerprint density at radius 1 is 1.14 bits per heavy atom. The maximum absolute atomic E-state index is 14.0. The summed E-state index contributed by atoms with van der Waals surface area (Å²) in [5.41, 5.74) is 1.17. The molecule has 0 amide bonds. The van der Waals surface area contributed by atoms with Crippen molar-refractivity contribution in [2.75, 3.05) is 7.11 Å². The van der Waals surface area contributed by atoms with Crippen molar-refractivity contribution in [1.29, 1.82) is 0 Å². The molecule has 0 saturated heterocycles. The third-order valence-corrected chi connectivity index (χ3v) is 3.39. The van der Waals surface area contributed by atoms with Crippen molar-refractivity contribution < 1.29 is 9.13 Å². The molecule has 21 heavy (non-hydrogen) atoms. The maximum atomic E-state index is 14.0. The summed E-state index contributed by atoms with van der Waals surface area (Å²) in [6.45, 7) is 0. The van der Waals surface area contributed by atoms with Gasteiger partial charge in [-0.1, -0.05) is 12.1 Å². The van der Waals surface area contributed by atoms with E-state index in [0.717, 1.165) is 11.3 Å². The number of ether oxygens (including phenoxy) is 1. The molecule has 0 spiro atoms. The number of aromatic amines is 1. The van der Waals surface area contributed by atoms with Crippen molar-refractivity contribution >= 4 is 12.2 Å². The predicted molar refractivity (Wildman–Crippen MR) is 80.7 cm³/mol. The van der Waals surface area contributed by atoms with Crippen LogP contribution in [0, 0.1) is 10.6 Å². The molecule has 6 heteroatoms. The molecule has 2 aromatic carbocycles. The van der Waals surface area contributed by atoms with Crippen LogP contribution in [0.15, 0.2) is 48.5 Å². The SMILES string of the molecule is COc1ccc(-c2n[nH]c(=S)n2-c2ccccc2F)cc1. The van der Waals surface area contributed by atoms with Gasteiger partial charge in [0.2, 0.25) is 0 Å².